The fraction of sp³-hybridized carbons (Fsp3) is 0.300. The van der Waals surface area contributed by atoms with Gasteiger partial charge in [0, 0.05) is 40.2 Å². The second-order valence-corrected chi connectivity index (χ2v) is 7.26. The Morgan fingerprint density at radius 3 is 2.65 bits per heavy atom. The number of aromatic carboxylic acids is 1. The Bertz CT molecular complexity index is 987. The first-order chi connectivity index (χ1) is 12.2. The van der Waals surface area contributed by atoms with Crippen molar-refractivity contribution in [3.05, 3.63) is 58.8 Å². The molecule has 0 saturated carbocycles. The van der Waals surface area contributed by atoms with Crippen LogP contribution in [0.1, 0.15) is 48.2 Å². The molecule has 0 saturated heterocycles. The molecule has 0 spiro atoms. The number of nitrogens with zero attached hydrogens (tertiary/aromatic N) is 1. The molecule has 0 atom stereocenters. The van der Waals surface area contributed by atoms with Gasteiger partial charge >= 0.3 is 5.97 Å². The molecule has 0 aliphatic heterocycles. The molecule has 0 aliphatic rings. The van der Waals surface area contributed by atoms with Crippen LogP contribution in [-0.2, 0) is 11.8 Å². The molecule has 26 heavy (non-hydrogen) atoms. The topological polar surface area (TPSA) is 75.2 Å². The van der Waals surface area contributed by atoms with E-state index in [4.69, 9.17) is 9.84 Å². The van der Waals surface area contributed by atoms with Crippen LogP contribution in [0, 0.1) is 5.82 Å². The fourth-order valence-corrected chi connectivity index (χ4v) is 3.11. The standard InChI is InChI=1S/C20H21FN2O3/c1-20(2,3)18-13(8-11-6-5-7-15(22-11)19(24)25)12-9-14(21)17(26-4)10-16(12)23-18/h5-7,9-10,23H,8H2,1-4H3,(H,24,25). The molecule has 5 nitrogen and oxygen atoms in total. The minimum absolute atomic E-state index is 0.00694. The second kappa shape index (κ2) is 6.44. The number of pyridine rings is 1. The lowest BCUT2D eigenvalue weighted by Gasteiger charge is -2.19. The van der Waals surface area contributed by atoms with Gasteiger partial charge in [-0.3, -0.25) is 0 Å². The van der Waals surface area contributed by atoms with Crippen molar-refractivity contribution in [2.75, 3.05) is 7.11 Å². The van der Waals surface area contributed by atoms with Gasteiger partial charge in [-0.05, 0) is 23.8 Å². The van der Waals surface area contributed by atoms with Gasteiger partial charge in [0.15, 0.2) is 11.6 Å². The third kappa shape index (κ3) is 3.27. The number of benzene rings is 1. The Morgan fingerprint density at radius 2 is 2.04 bits per heavy atom. The lowest BCUT2D eigenvalue weighted by atomic mass is 9.87. The molecular weight excluding hydrogens is 335 g/mol. The van der Waals surface area contributed by atoms with Crippen molar-refractivity contribution in [1.82, 2.24) is 9.97 Å². The van der Waals surface area contributed by atoms with Crippen LogP contribution in [0.3, 0.4) is 0 Å². The molecule has 2 aromatic heterocycles. The summed E-state index contributed by atoms with van der Waals surface area (Å²) in [4.78, 5) is 18.8. The van der Waals surface area contributed by atoms with E-state index in [-0.39, 0.29) is 16.9 Å². The number of carboxylic acid groups (broad SMARTS) is 1. The minimum Gasteiger partial charge on any atom is -0.494 e. The lowest BCUT2D eigenvalue weighted by Crippen LogP contribution is -2.14. The van der Waals surface area contributed by atoms with Crippen LogP contribution >= 0.6 is 0 Å². The third-order valence-corrected chi connectivity index (χ3v) is 4.31. The first-order valence-corrected chi connectivity index (χ1v) is 8.28. The second-order valence-electron chi connectivity index (χ2n) is 7.26. The van der Waals surface area contributed by atoms with E-state index in [9.17, 15) is 9.18 Å². The number of nitrogens with one attached hydrogen (secondary N) is 1. The summed E-state index contributed by atoms with van der Waals surface area (Å²) >= 11 is 0. The number of hydrogen-bond donors (Lipinski definition) is 2. The van der Waals surface area contributed by atoms with Gasteiger partial charge < -0.3 is 14.8 Å². The molecule has 1 aromatic carbocycles. The van der Waals surface area contributed by atoms with Crippen molar-refractivity contribution in [2.45, 2.75) is 32.6 Å². The summed E-state index contributed by atoms with van der Waals surface area (Å²) in [6.45, 7) is 6.20. The number of carboxylic acids is 1. The zero-order valence-electron chi connectivity index (χ0n) is 15.2. The van der Waals surface area contributed by atoms with E-state index >= 15 is 0 Å². The maximum atomic E-state index is 14.3. The van der Waals surface area contributed by atoms with E-state index in [0.29, 0.717) is 12.1 Å². The summed E-state index contributed by atoms with van der Waals surface area (Å²) in [5.41, 5.74) is 3.05. The highest BCUT2D eigenvalue weighted by Gasteiger charge is 2.24. The number of rotatable bonds is 4. The van der Waals surface area contributed by atoms with Crippen molar-refractivity contribution < 1.29 is 19.0 Å². The quantitative estimate of drug-likeness (QED) is 0.731. The zero-order valence-corrected chi connectivity index (χ0v) is 15.2. The number of methoxy groups -OCH3 is 1. The average molecular weight is 356 g/mol. The third-order valence-electron chi connectivity index (χ3n) is 4.31. The van der Waals surface area contributed by atoms with Gasteiger partial charge in [0.1, 0.15) is 5.69 Å². The number of aromatic amines is 1. The normalized spacial score (nSPS) is 11.7. The first kappa shape index (κ1) is 17.9. The van der Waals surface area contributed by atoms with Crippen molar-refractivity contribution >= 4 is 16.9 Å². The van der Waals surface area contributed by atoms with Gasteiger partial charge in [-0.2, -0.15) is 0 Å². The number of ether oxygens (including phenoxy) is 1. The van der Waals surface area contributed by atoms with Gasteiger partial charge in [-0.25, -0.2) is 14.2 Å². The van der Waals surface area contributed by atoms with Crippen LogP contribution in [0.25, 0.3) is 10.9 Å². The van der Waals surface area contributed by atoms with Gasteiger partial charge in [-0.1, -0.05) is 26.8 Å². The van der Waals surface area contributed by atoms with Crippen LogP contribution < -0.4 is 4.74 Å². The summed E-state index contributed by atoms with van der Waals surface area (Å²) in [6.07, 6.45) is 0.402. The Morgan fingerprint density at radius 1 is 1.31 bits per heavy atom. The predicted molar refractivity (Wildman–Crippen MR) is 97.5 cm³/mol. The van der Waals surface area contributed by atoms with Crippen LogP contribution in [0.4, 0.5) is 4.39 Å². The Balaban J connectivity index is 2.18. The Kier molecular flexibility index (Phi) is 4.44. The Labute approximate surface area is 150 Å². The van der Waals surface area contributed by atoms with E-state index in [0.717, 1.165) is 22.2 Å². The summed E-state index contributed by atoms with van der Waals surface area (Å²) in [5.74, 6) is -1.33. The number of H-pyrrole nitrogens is 1. The monoisotopic (exact) mass is 356 g/mol. The van der Waals surface area contributed by atoms with Crippen molar-refractivity contribution in [3.8, 4) is 5.75 Å². The van der Waals surface area contributed by atoms with Crippen LogP contribution in [0.2, 0.25) is 0 Å². The molecule has 0 aliphatic carbocycles. The number of aromatic nitrogens is 2. The predicted octanol–water partition coefficient (Wildman–Crippen LogP) is 4.30. The van der Waals surface area contributed by atoms with Crippen LogP contribution in [0.5, 0.6) is 5.75 Å². The largest absolute Gasteiger partial charge is 0.494 e. The van der Waals surface area contributed by atoms with E-state index in [1.54, 1.807) is 18.2 Å². The molecule has 2 heterocycles. The minimum atomic E-state index is -1.07. The highest BCUT2D eigenvalue weighted by Crippen LogP contribution is 2.35. The highest BCUT2D eigenvalue weighted by molar-refractivity contribution is 5.87. The van der Waals surface area contributed by atoms with Crippen molar-refractivity contribution in [1.29, 1.82) is 0 Å². The molecule has 0 unspecified atom stereocenters. The molecule has 0 bridgehead atoms. The van der Waals surface area contributed by atoms with Crippen LogP contribution in [-0.4, -0.2) is 28.2 Å². The fourth-order valence-electron chi connectivity index (χ4n) is 3.11. The molecule has 0 amide bonds. The SMILES string of the molecule is COc1cc2[nH]c(C(C)(C)C)c(Cc3cccc(C(=O)O)n3)c2cc1F. The molecule has 136 valence electrons. The number of fused-ring (bicyclic) bond motifs is 1. The molecule has 2 N–H and O–H groups in total. The van der Waals surface area contributed by atoms with Crippen molar-refractivity contribution in [2.24, 2.45) is 0 Å². The lowest BCUT2D eigenvalue weighted by molar-refractivity contribution is 0.0690. The van der Waals surface area contributed by atoms with E-state index in [1.165, 1.54) is 19.2 Å². The maximum absolute atomic E-state index is 14.3. The van der Waals surface area contributed by atoms with Gasteiger partial charge in [0.05, 0.1) is 7.11 Å². The van der Waals surface area contributed by atoms with Gasteiger partial charge in [-0.15, -0.1) is 0 Å². The zero-order chi connectivity index (χ0) is 19.1. The number of hydrogen-bond acceptors (Lipinski definition) is 3. The van der Waals surface area contributed by atoms with E-state index in [1.807, 2.05) is 0 Å². The number of halogens is 1. The molecule has 0 fully saturated rings. The van der Waals surface area contributed by atoms with Gasteiger partial charge in [0.25, 0.3) is 0 Å². The van der Waals surface area contributed by atoms with Gasteiger partial charge in [0.2, 0.25) is 0 Å². The van der Waals surface area contributed by atoms with E-state index < -0.39 is 11.8 Å². The van der Waals surface area contributed by atoms with Crippen LogP contribution in [0.15, 0.2) is 30.3 Å². The molecule has 3 rings (SSSR count). The summed E-state index contributed by atoms with van der Waals surface area (Å²) in [5, 5.41) is 9.90. The molecular formula is C20H21FN2O3. The smallest absolute Gasteiger partial charge is 0.354 e. The summed E-state index contributed by atoms with van der Waals surface area (Å²) in [6, 6.07) is 8.00. The molecule has 0 radical (unpaired) electrons. The molecule has 6 heteroatoms. The maximum Gasteiger partial charge on any atom is 0.354 e. The molecule has 3 aromatic rings. The summed E-state index contributed by atoms with van der Waals surface area (Å²) < 4.78 is 19.4. The number of carbonyl (C=O) groups is 1. The van der Waals surface area contributed by atoms with E-state index in [2.05, 4.69) is 30.7 Å². The average Bonchev–Trinajstić information content (AvgIpc) is 2.92. The highest BCUT2D eigenvalue weighted by atomic mass is 19.1. The summed E-state index contributed by atoms with van der Waals surface area (Å²) in [7, 11) is 1.43. The first-order valence-electron chi connectivity index (χ1n) is 8.28. The van der Waals surface area contributed by atoms with Crippen molar-refractivity contribution in [3.63, 3.8) is 0 Å². The Hall–Kier alpha value is -2.89.